The van der Waals surface area contributed by atoms with Crippen LogP contribution in [0.15, 0.2) is 97.2 Å². The number of fused-ring (bicyclic) bond motifs is 3. The molecule has 0 saturated carbocycles. The molecule has 0 fully saturated rings. The average Bonchev–Trinajstić information content (AvgIpc) is 3.54. The van der Waals surface area contributed by atoms with Gasteiger partial charge in [0.05, 0.1) is 36.8 Å². The third-order valence-corrected chi connectivity index (χ3v) is 7.05. The third-order valence-electron chi connectivity index (χ3n) is 7.05. The molecule has 0 bridgehead atoms. The van der Waals surface area contributed by atoms with Crippen molar-refractivity contribution >= 4 is 11.7 Å². The molecule has 0 spiro atoms. The molecule has 39 heavy (non-hydrogen) atoms. The predicted molar refractivity (Wildman–Crippen MR) is 148 cm³/mol. The zero-order valence-electron chi connectivity index (χ0n) is 21.7. The summed E-state index contributed by atoms with van der Waals surface area (Å²) in [5.41, 5.74) is 4.98. The Kier molecular flexibility index (Phi) is 6.36. The van der Waals surface area contributed by atoms with Gasteiger partial charge in [-0.3, -0.25) is 0 Å². The molecule has 3 heterocycles. The van der Waals surface area contributed by atoms with Crippen LogP contribution in [0, 0.1) is 5.82 Å². The number of methoxy groups -OCH3 is 1. The second-order valence-electron chi connectivity index (χ2n) is 9.40. The molecule has 8 heteroatoms. The van der Waals surface area contributed by atoms with E-state index in [4.69, 9.17) is 9.84 Å². The summed E-state index contributed by atoms with van der Waals surface area (Å²) < 4.78 is 23.6. The van der Waals surface area contributed by atoms with E-state index >= 15 is 0 Å². The largest absolute Gasteiger partial charge is 0.497 e. The molecule has 1 aliphatic rings. The predicted octanol–water partition coefficient (Wildman–Crippen LogP) is 6.51. The normalized spacial score (nSPS) is 14.3. The fourth-order valence-corrected chi connectivity index (χ4v) is 5.27. The maximum absolute atomic E-state index is 14.0. The van der Waals surface area contributed by atoms with Gasteiger partial charge in [0.15, 0.2) is 0 Å². The summed E-state index contributed by atoms with van der Waals surface area (Å²) in [5, 5.41) is 7.90. The lowest BCUT2D eigenvalue weighted by molar-refractivity contribution is 0.194. The van der Waals surface area contributed by atoms with Crippen LogP contribution in [-0.2, 0) is 13.0 Å². The van der Waals surface area contributed by atoms with E-state index in [0.717, 1.165) is 34.0 Å². The zero-order chi connectivity index (χ0) is 26.9. The molecule has 0 aliphatic carbocycles. The first-order chi connectivity index (χ1) is 19.1. The molecular formula is C31H28FN5O2. The highest BCUT2D eigenvalue weighted by Gasteiger charge is 2.36. The van der Waals surface area contributed by atoms with Crippen LogP contribution in [0.3, 0.4) is 0 Å². The number of aromatic nitrogens is 3. The van der Waals surface area contributed by atoms with E-state index < -0.39 is 11.9 Å². The minimum Gasteiger partial charge on any atom is -0.497 e. The number of halogens is 1. The number of hydrogen-bond acceptors (Lipinski definition) is 3. The fraction of sp³-hybridized carbons (Fsp3) is 0.161. The summed E-state index contributed by atoms with van der Waals surface area (Å²) in [5.74, 6) is 1.18. The minimum absolute atomic E-state index is 0.302. The summed E-state index contributed by atoms with van der Waals surface area (Å²) >= 11 is 0. The van der Waals surface area contributed by atoms with Crippen molar-refractivity contribution in [2.75, 3.05) is 12.4 Å². The van der Waals surface area contributed by atoms with E-state index in [9.17, 15) is 9.18 Å². The third kappa shape index (κ3) is 4.44. The maximum Gasteiger partial charge on any atom is 0.322 e. The van der Waals surface area contributed by atoms with E-state index in [1.165, 1.54) is 12.1 Å². The van der Waals surface area contributed by atoms with Crippen molar-refractivity contribution in [1.29, 1.82) is 0 Å². The van der Waals surface area contributed by atoms with Crippen molar-refractivity contribution < 1.29 is 13.9 Å². The molecule has 2 aromatic heterocycles. The molecule has 7 nitrogen and oxygen atoms in total. The molecule has 1 aliphatic heterocycles. The first kappa shape index (κ1) is 24.5. The van der Waals surface area contributed by atoms with Crippen LogP contribution in [-0.4, -0.2) is 32.4 Å². The Labute approximate surface area is 226 Å². The number of carbonyl (C=O) groups excluding carboxylic acids is 1. The van der Waals surface area contributed by atoms with Gasteiger partial charge in [0.25, 0.3) is 0 Å². The van der Waals surface area contributed by atoms with Gasteiger partial charge in [0, 0.05) is 17.4 Å². The summed E-state index contributed by atoms with van der Waals surface area (Å²) in [6.45, 7) is 2.37. The average molecular weight is 522 g/mol. The molecule has 6 rings (SSSR count). The van der Waals surface area contributed by atoms with Crippen LogP contribution in [0.2, 0.25) is 0 Å². The van der Waals surface area contributed by atoms with Gasteiger partial charge < -0.3 is 19.5 Å². The molecular weight excluding hydrogens is 493 g/mol. The number of hydrogen-bond donors (Lipinski definition) is 1. The van der Waals surface area contributed by atoms with Crippen LogP contribution in [0.1, 0.15) is 35.5 Å². The first-order valence-corrected chi connectivity index (χ1v) is 12.9. The lowest BCUT2D eigenvalue weighted by atomic mass is 10.0. The Balaban J connectivity index is 1.56. The number of para-hydroxylation sites is 1. The highest BCUT2D eigenvalue weighted by molar-refractivity contribution is 5.90. The molecule has 5 aromatic rings. The maximum atomic E-state index is 14.0. The fourth-order valence-electron chi connectivity index (χ4n) is 5.27. The van der Waals surface area contributed by atoms with Crippen LogP contribution in [0.4, 0.5) is 14.9 Å². The molecule has 196 valence electrons. The van der Waals surface area contributed by atoms with Gasteiger partial charge in [0.1, 0.15) is 17.4 Å². The Morgan fingerprint density at radius 3 is 2.62 bits per heavy atom. The van der Waals surface area contributed by atoms with Crippen LogP contribution in [0.5, 0.6) is 5.75 Å². The van der Waals surface area contributed by atoms with Crippen molar-refractivity contribution in [3.8, 4) is 17.3 Å². The smallest absolute Gasteiger partial charge is 0.322 e. The summed E-state index contributed by atoms with van der Waals surface area (Å²) in [7, 11) is 1.63. The number of amides is 2. The number of benzene rings is 3. The number of ether oxygens (including phenoxy) is 1. The van der Waals surface area contributed by atoms with Gasteiger partial charge in [-0.05, 0) is 66.6 Å². The first-order valence-electron chi connectivity index (χ1n) is 12.9. The SMILES string of the molecule is CCc1nn(-c2ccccc2)c2c1CN(C(=O)Nc1cccc(F)c1)[C@H](c1cccc(OC)c1)c1cccn1-2. The van der Waals surface area contributed by atoms with Gasteiger partial charge in [-0.25, -0.2) is 13.9 Å². The number of nitrogens with zero attached hydrogens (tertiary/aromatic N) is 4. The van der Waals surface area contributed by atoms with Gasteiger partial charge in [0.2, 0.25) is 0 Å². The van der Waals surface area contributed by atoms with Crippen molar-refractivity contribution in [2.24, 2.45) is 0 Å². The second-order valence-corrected chi connectivity index (χ2v) is 9.40. The molecule has 0 saturated heterocycles. The highest BCUT2D eigenvalue weighted by atomic mass is 19.1. The zero-order valence-corrected chi connectivity index (χ0v) is 21.7. The Morgan fingerprint density at radius 1 is 1.03 bits per heavy atom. The Bertz CT molecular complexity index is 1640. The number of urea groups is 1. The molecule has 0 unspecified atom stereocenters. The van der Waals surface area contributed by atoms with Gasteiger partial charge >= 0.3 is 6.03 Å². The van der Waals surface area contributed by atoms with Crippen LogP contribution < -0.4 is 10.1 Å². The van der Waals surface area contributed by atoms with Gasteiger partial charge in [-0.15, -0.1) is 0 Å². The summed E-state index contributed by atoms with van der Waals surface area (Å²) in [6.07, 6.45) is 2.71. The second kappa shape index (κ2) is 10.1. The van der Waals surface area contributed by atoms with E-state index in [2.05, 4.69) is 16.8 Å². The number of carbonyl (C=O) groups is 1. The van der Waals surface area contributed by atoms with Crippen LogP contribution >= 0.6 is 0 Å². The van der Waals surface area contributed by atoms with Gasteiger partial charge in [-0.1, -0.05) is 43.3 Å². The van der Waals surface area contributed by atoms with Crippen molar-refractivity contribution in [3.63, 3.8) is 0 Å². The quantitative estimate of drug-likeness (QED) is 0.287. The Hall–Kier alpha value is -4.85. The molecule has 2 amide bonds. The number of anilines is 1. The molecule has 1 N–H and O–H groups in total. The monoisotopic (exact) mass is 521 g/mol. The molecule has 3 aromatic carbocycles. The van der Waals surface area contributed by atoms with Crippen molar-refractivity contribution in [2.45, 2.75) is 25.9 Å². The number of rotatable bonds is 5. The van der Waals surface area contributed by atoms with Gasteiger partial charge in [-0.2, -0.15) is 5.10 Å². The minimum atomic E-state index is -0.454. The van der Waals surface area contributed by atoms with Crippen molar-refractivity contribution in [3.05, 3.63) is 126 Å². The highest BCUT2D eigenvalue weighted by Crippen LogP contribution is 2.39. The number of nitrogens with one attached hydrogen (secondary N) is 1. The summed E-state index contributed by atoms with van der Waals surface area (Å²) in [4.78, 5) is 15.8. The standard InChI is InChI=1S/C31H28FN5O2/c1-3-27-26-20-36(31(38)33-23-12-8-11-22(32)19-23)29(21-10-7-15-25(18-21)39-2)28-16-9-17-35(28)30(26)37(34-27)24-13-5-4-6-14-24/h4-19,29H,3,20H2,1-2H3,(H,33,38)/t29-/m1/s1. The molecule has 1 atom stereocenters. The lowest BCUT2D eigenvalue weighted by Gasteiger charge is -2.31. The lowest BCUT2D eigenvalue weighted by Crippen LogP contribution is -2.38. The summed E-state index contributed by atoms with van der Waals surface area (Å²) in [6, 6.07) is 26.9. The topological polar surface area (TPSA) is 64.3 Å². The van der Waals surface area contributed by atoms with Crippen LogP contribution in [0.25, 0.3) is 11.5 Å². The van der Waals surface area contributed by atoms with E-state index in [1.807, 2.05) is 77.6 Å². The molecule has 0 radical (unpaired) electrons. The number of aryl methyl sites for hydroxylation is 1. The van der Waals surface area contributed by atoms with Crippen molar-refractivity contribution in [1.82, 2.24) is 19.2 Å². The Morgan fingerprint density at radius 2 is 1.85 bits per heavy atom. The van der Waals surface area contributed by atoms with E-state index in [1.54, 1.807) is 24.1 Å². The van der Waals surface area contributed by atoms with E-state index in [-0.39, 0.29) is 6.03 Å². The van der Waals surface area contributed by atoms with E-state index in [0.29, 0.717) is 24.4 Å².